The first kappa shape index (κ1) is 10.3. The van der Waals surface area contributed by atoms with E-state index in [4.69, 9.17) is 5.11 Å². The summed E-state index contributed by atoms with van der Waals surface area (Å²) in [5, 5.41) is 9.00. The van der Waals surface area contributed by atoms with Crippen molar-refractivity contribution in [1.29, 1.82) is 0 Å². The zero-order valence-corrected chi connectivity index (χ0v) is 10.1. The second-order valence-corrected chi connectivity index (χ2v) is 6.54. The van der Waals surface area contributed by atoms with Gasteiger partial charge in [0.2, 0.25) is 0 Å². The quantitative estimate of drug-likeness (QED) is 0.850. The van der Waals surface area contributed by atoms with Gasteiger partial charge in [-0.3, -0.25) is 4.79 Å². The molecule has 0 spiro atoms. The van der Waals surface area contributed by atoms with E-state index in [9.17, 15) is 4.79 Å². The van der Waals surface area contributed by atoms with E-state index >= 15 is 0 Å². The lowest BCUT2D eigenvalue weighted by Gasteiger charge is -2.09. The standard InChI is InChI=1S/C8H10Br2O2/c1-7(2)4-8(7,6(11)12)3-5(9)10/h3H,4H2,1-2H3,(H,11,12). The third-order valence-electron chi connectivity index (χ3n) is 2.54. The Morgan fingerprint density at radius 2 is 1.92 bits per heavy atom. The largest absolute Gasteiger partial charge is 0.481 e. The van der Waals surface area contributed by atoms with Crippen molar-refractivity contribution >= 4 is 37.8 Å². The minimum Gasteiger partial charge on any atom is -0.481 e. The van der Waals surface area contributed by atoms with E-state index in [0.717, 1.165) is 0 Å². The zero-order valence-electron chi connectivity index (χ0n) is 6.90. The highest BCUT2D eigenvalue weighted by Crippen LogP contribution is 2.65. The van der Waals surface area contributed by atoms with Crippen LogP contribution in [-0.2, 0) is 4.79 Å². The van der Waals surface area contributed by atoms with E-state index in [0.29, 0.717) is 9.81 Å². The van der Waals surface area contributed by atoms with E-state index in [1.165, 1.54) is 0 Å². The van der Waals surface area contributed by atoms with E-state index in [-0.39, 0.29) is 5.41 Å². The van der Waals surface area contributed by atoms with Crippen molar-refractivity contribution < 1.29 is 9.90 Å². The first-order valence-corrected chi connectivity index (χ1v) is 5.18. The van der Waals surface area contributed by atoms with Crippen molar-refractivity contribution in [3.05, 3.63) is 9.47 Å². The Morgan fingerprint density at radius 3 is 2.00 bits per heavy atom. The van der Waals surface area contributed by atoms with Crippen LogP contribution in [0.15, 0.2) is 9.47 Å². The highest BCUT2D eigenvalue weighted by Gasteiger charge is 2.65. The molecular formula is C8H10Br2O2. The summed E-state index contributed by atoms with van der Waals surface area (Å²) in [5.41, 5.74) is -0.791. The molecule has 1 saturated carbocycles. The maximum absolute atomic E-state index is 10.9. The Balaban J connectivity index is 2.95. The normalized spacial score (nSPS) is 31.0. The van der Waals surface area contributed by atoms with Crippen LogP contribution in [0, 0.1) is 10.8 Å². The van der Waals surface area contributed by atoms with Crippen molar-refractivity contribution in [2.24, 2.45) is 10.8 Å². The third kappa shape index (κ3) is 1.46. The summed E-state index contributed by atoms with van der Waals surface area (Å²) < 4.78 is 0.711. The molecule has 4 heteroatoms. The van der Waals surface area contributed by atoms with Crippen LogP contribution < -0.4 is 0 Å². The van der Waals surface area contributed by atoms with Crippen LogP contribution in [0.5, 0.6) is 0 Å². The summed E-state index contributed by atoms with van der Waals surface area (Å²) >= 11 is 6.37. The summed E-state index contributed by atoms with van der Waals surface area (Å²) in [4.78, 5) is 10.9. The Kier molecular flexibility index (Phi) is 2.43. The summed E-state index contributed by atoms with van der Waals surface area (Å²) in [6.07, 6.45) is 2.42. The molecule has 1 fully saturated rings. The van der Waals surface area contributed by atoms with Crippen LogP contribution in [0.25, 0.3) is 0 Å². The highest BCUT2D eigenvalue weighted by atomic mass is 79.9. The van der Waals surface area contributed by atoms with Gasteiger partial charge in [-0.25, -0.2) is 0 Å². The van der Waals surface area contributed by atoms with Crippen LogP contribution >= 0.6 is 31.9 Å². The molecule has 1 N–H and O–H groups in total. The van der Waals surface area contributed by atoms with Crippen LogP contribution in [-0.4, -0.2) is 11.1 Å². The third-order valence-corrected chi connectivity index (χ3v) is 3.00. The Labute approximate surface area is 88.3 Å². The molecule has 1 rings (SSSR count). The zero-order chi connectivity index (χ0) is 9.57. The fourth-order valence-corrected chi connectivity index (χ4v) is 2.29. The van der Waals surface area contributed by atoms with Gasteiger partial charge in [-0.2, -0.15) is 0 Å². The van der Waals surface area contributed by atoms with Crippen molar-refractivity contribution in [3.63, 3.8) is 0 Å². The number of aliphatic carboxylic acids is 1. The second-order valence-electron chi connectivity index (χ2n) is 3.77. The molecule has 0 amide bonds. The SMILES string of the molecule is CC1(C)CC1(C=C(Br)Br)C(=O)O. The molecule has 68 valence electrons. The average Bonchev–Trinajstić information content (AvgIpc) is 2.33. The van der Waals surface area contributed by atoms with Gasteiger partial charge in [0.05, 0.1) is 8.81 Å². The van der Waals surface area contributed by atoms with Gasteiger partial charge in [0.1, 0.15) is 0 Å². The predicted octanol–water partition coefficient (Wildman–Crippen LogP) is 3.12. The van der Waals surface area contributed by atoms with Crippen molar-refractivity contribution in [3.8, 4) is 0 Å². The Hall–Kier alpha value is 0.170. The monoisotopic (exact) mass is 296 g/mol. The summed E-state index contributed by atoms with van der Waals surface area (Å²) in [6.45, 7) is 3.92. The molecular weight excluding hydrogens is 288 g/mol. The van der Waals surface area contributed by atoms with Crippen molar-refractivity contribution in [2.75, 3.05) is 0 Å². The minimum atomic E-state index is -0.746. The lowest BCUT2D eigenvalue weighted by atomic mass is 9.96. The number of carbonyl (C=O) groups is 1. The fourth-order valence-electron chi connectivity index (χ4n) is 1.51. The molecule has 12 heavy (non-hydrogen) atoms. The van der Waals surface area contributed by atoms with E-state index in [2.05, 4.69) is 31.9 Å². The average molecular weight is 298 g/mol. The molecule has 0 aliphatic heterocycles. The maximum Gasteiger partial charge on any atom is 0.314 e. The number of rotatable bonds is 2. The molecule has 0 aromatic heterocycles. The van der Waals surface area contributed by atoms with Crippen molar-refractivity contribution in [2.45, 2.75) is 20.3 Å². The van der Waals surface area contributed by atoms with Gasteiger partial charge in [0, 0.05) is 0 Å². The molecule has 0 aromatic rings. The molecule has 1 aliphatic rings. The van der Waals surface area contributed by atoms with Crippen LogP contribution in [0.1, 0.15) is 20.3 Å². The molecule has 0 bridgehead atoms. The van der Waals surface area contributed by atoms with Crippen LogP contribution in [0.3, 0.4) is 0 Å². The molecule has 0 heterocycles. The number of halogens is 2. The van der Waals surface area contributed by atoms with Crippen molar-refractivity contribution in [1.82, 2.24) is 0 Å². The van der Waals surface area contributed by atoms with Gasteiger partial charge < -0.3 is 5.11 Å². The number of carboxylic acid groups (broad SMARTS) is 1. The Bertz CT molecular complexity index is 254. The lowest BCUT2D eigenvalue weighted by molar-refractivity contribution is -0.142. The minimum absolute atomic E-state index is 0.119. The first-order valence-electron chi connectivity index (χ1n) is 3.59. The van der Waals surface area contributed by atoms with Gasteiger partial charge in [-0.1, -0.05) is 13.8 Å². The molecule has 0 aromatic carbocycles. The molecule has 1 unspecified atom stereocenters. The van der Waals surface area contributed by atoms with E-state index < -0.39 is 11.4 Å². The second kappa shape index (κ2) is 2.84. The molecule has 2 nitrogen and oxygen atoms in total. The molecule has 0 saturated heterocycles. The predicted molar refractivity (Wildman–Crippen MR) is 54.4 cm³/mol. The summed E-state index contributed by atoms with van der Waals surface area (Å²) in [5.74, 6) is -0.746. The summed E-state index contributed by atoms with van der Waals surface area (Å²) in [6, 6.07) is 0. The topological polar surface area (TPSA) is 37.3 Å². The molecule has 1 atom stereocenters. The van der Waals surface area contributed by atoms with Gasteiger partial charge in [0.25, 0.3) is 0 Å². The molecule has 1 aliphatic carbocycles. The molecule has 0 radical (unpaired) electrons. The number of hydrogen-bond acceptors (Lipinski definition) is 1. The van der Waals surface area contributed by atoms with Crippen LogP contribution in [0.4, 0.5) is 0 Å². The Morgan fingerprint density at radius 1 is 1.50 bits per heavy atom. The van der Waals surface area contributed by atoms with Crippen LogP contribution in [0.2, 0.25) is 0 Å². The van der Waals surface area contributed by atoms with E-state index in [1.54, 1.807) is 6.08 Å². The number of hydrogen-bond donors (Lipinski definition) is 1. The smallest absolute Gasteiger partial charge is 0.314 e. The van der Waals surface area contributed by atoms with Gasteiger partial charge in [-0.05, 0) is 49.8 Å². The van der Waals surface area contributed by atoms with E-state index in [1.807, 2.05) is 13.8 Å². The lowest BCUT2D eigenvalue weighted by Crippen LogP contribution is -2.18. The maximum atomic E-state index is 10.9. The number of carboxylic acids is 1. The summed E-state index contributed by atoms with van der Waals surface area (Å²) in [7, 11) is 0. The first-order chi connectivity index (χ1) is 5.32. The van der Waals surface area contributed by atoms with Gasteiger partial charge in [0.15, 0.2) is 0 Å². The fraction of sp³-hybridized carbons (Fsp3) is 0.625. The van der Waals surface area contributed by atoms with Gasteiger partial charge in [-0.15, -0.1) is 0 Å². The van der Waals surface area contributed by atoms with Gasteiger partial charge >= 0.3 is 5.97 Å². The highest BCUT2D eigenvalue weighted by molar-refractivity contribution is 9.28.